The first-order valence-electron chi connectivity index (χ1n) is 7.82. The highest BCUT2D eigenvalue weighted by molar-refractivity contribution is 7.89. The van der Waals surface area contributed by atoms with Crippen LogP contribution in [0.2, 0.25) is 0 Å². The Balaban J connectivity index is 0.00000156. The van der Waals surface area contributed by atoms with Crippen molar-refractivity contribution in [1.29, 1.82) is 0 Å². The first-order chi connectivity index (χ1) is 10.9. The van der Waals surface area contributed by atoms with E-state index >= 15 is 0 Å². The first kappa shape index (κ1) is 22.0. The van der Waals surface area contributed by atoms with Crippen molar-refractivity contribution in [3.8, 4) is 0 Å². The second-order valence-electron chi connectivity index (χ2n) is 6.04. The van der Waals surface area contributed by atoms with Crippen LogP contribution in [0.25, 0.3) is 0 Å². The molecule has 0 bridgehead atoms. The molecule has 1 aromatic carbocycles. The summed E-state index contributed by atoms with van der Waals surface area (Å²) in [5.74, 6) is 0.370. The van der Waals surface area contributed by atoms with Crippen LogP contribution in [0.1, 0.15) is 6.42 Å². The van der Waals surface area contributed by atoms with Crippen molar-refractivity contribution >= 4 is 46.4 Å². The van der Waals surface area contributed by atoms with E-state index in [1.807, 2.05) is 4.90 Å². The van der Waals surface area contributed by atoms with E-state index in [0.717, 1.165) is 38.3 Å². The van der Waals surface area contributed by atoms with E-state index in [4.69, 9.17) is 5.14 Å². The molecule has 1 aromatic rings. The van der Waals surface area contributed by atoms with Gasteiger partial charge in [0.1, 0.15) is 0 Å². The van der Waals surface area contributed by atoms with Crippen LogP contribution in [-0.2, 0) is 14.8 Å². The molecule has 2 heterocycles. The number of benzene rings is 1. The van der Waals surface area contributed by atoms with E-state index < -0.39 is 10.0 Å². The van der Waals surface area contributed by atoms with E-state index in [1.54, 1.807) is 12.1 Å². The summed E-state index contributed by atoms with van der Waals surface area (Å²) in [7, 11) is -3.66. The second-order valence-corrected chi connectivity index (χ2v) is 7.60. The normalized spacial score (nSPS) is 20.6. The lowest BCUT2D eigenvalue weighted by Gasteiger charge is -2.37. The van der Waals surface area contributed by atoms with E-state index in [9.17, 15) is 13.2 Å². The molecule has 2 saturated heterocycles. The molecule has 3 rings (SSSR count). The molecule has 1 unspecified atom stereocenters. The molecule has 0 aliphatic carbocycles. The van der Waals surface area contributed by atoms with Crippen LogP contribution in [0, 0.1) is 5.92 Å². The highest BCUT2D eigenvalue weighted by Crippen LogP contribution is 2.20. The van der Waals surface area contributed by atoms with Gasteiger partial charge in [-0.05, 0) is 37.2 Å². The minimum Gasteiger partial charge on any atom is -0.368 e. The Morgan fingerprint density at radius 2 is 1.68 bits per heavy atom. The highest BCUT2D eigenvalue weighted by Gasteiger charge is 2.29. The molecular formula is C15H24Cl2N4O3S. The first-order valence-corrected chi connectivity index (χ1v) is 9.37. The number of carbonyl (C=O) groups excluding carboxylic acids is 1. The third kappa shape index (κ3) is 5.21. The number of nitrogens with zero attached hydrogens (tertiary/aromatic N) is 2. The summed E-state index contributed by atoms with van der Waals surface area (Å²) in [4.78, 5) is 16.6. The van der Waals surface area contributed by atoms with E-state index in [-0.39, 0.29) is 41.5 Å². The molecule has 1 amide bonds. The zero-order chi connectivity index (χ0) is 16.4. The number of nitrogens with one attached hydrogen (secondary N) is 1. The van der Waals surface area contributed by atoms with Gasteiger partial charge in [-0.3, -0.25) is 4.79 Å². The van der Waals surface area contributed by atoms with Crippen LogP contribution in [0.3, 0.4) is 0 Å². The number of sulfonamides is 1. The van der Waals surface area contributed by atoms with Gasteiger partial charge in [-0.1, -0.05) is 0 Å². The van der Waals surface area contributed by atoms with Gasteiger partial charge in [0, 0.05) is 38.4 Å². The van der Waals surface area contributed by atoms with Gasteiger partial charge in [0.05, 0.1) is 10.8 Å². The molecule has 142 valence electrons. The fourth-order valence-electron chi connectivity index (χ4n) is 3.16. The highest BCUT2D eigenvalue weighted by atomic mass is 35.5. The molecule has 25 heavy (non-hydrogen) atoms. The number of hydrogen-bond donors (Lipinski definition) is 2. The third-order valence-corrected chi connectivity index (χ3v) is 5.46. The number of amides is 1. The maximum absolute atomic E-state index is 12.4. The number of rotatable bonds is 3. The average molecular weight is 411 g/mol. The summed E-state index contributed by atoms with van der Waals surface area (Å²) < 4.78 is 22.6. The maximum atomic E-state index is 12.4. The van der Waals surface area contributed by atoms with Crippen LogP contribution in [0.15, 0.2) is 29.2 Å². The molecule has 0 aromatic heterocycles. The Morgan fingerprint density at radius 3 is 2.16 bits per heavy atom. The molecular weight excluding hydrogens is 387 g/mol. The standard InChI is InChI=1S/C15H22N4O3S.2ClH/c16-23(21,22)14-3-1-13(2-4-14)18-7-9-19(10-8-18)15(20)12-5-6-17-11-12;;/h1-4,12,17H,5-11H2,(H2,16,21,22);2*1H. The zero-order valence-corrected chi connectivity index (χ0v) is 16.2. The Kier molecular flexibility index (Phi) is 7.95. The quantitative estimate of drug-likeness (QED) is 0.753. The molecule has 2 fully saturated rings. The SMILES string of the molecule is Cl.Cl.NS(=O)(=O)c1ccc(N2CCN(C(=O)C3CCNC3)CC2)cc1. The van der Waals surface area contributed by atoms with Crippen LogP contribution >= 0.6 is 24.8 Å². The number of primary sulfonamides is 1. The fourth-order valence-corrected chi connectivity index (χ4v) is 3.67. The number of hydrogen-bond acceptors (Lipinski definition) is 5. The van der Waals surface area contributed by atoms with E-state index in [0.29, 0.717) is 13.1 Å². The van der Waals surface area contributed by atoms with Gasteiger partial charge in [0.25, 0.3) is 0 Å². The van der Waals surface area contributed by atoms with Crippen molar-refractivity contribution in [3.05, 3.63) is 24.3 Å². The van der Waals surface area contributed by atoms with Gasteiger partial charge in [-0.15, -0.1) is 24.8 Å². The van der Waals surface area contributed by atoms with Gasteiger partial charge in [0.2, 0.25) is 15.9 Å². The Morgan fingerprint density at radius 1 is 1.08 bits per heavy atom. The monoisotopic (exact) mass is 410 g/mol. The predicted octanol–water partition coefficient (Wildman–Crippen LogP) is 0.436. The topological polar surface area (TPSA) is 95.7 Å². The molecule has 0 radical (unpaired) electrons. The largest absolute Gasteiger partial charge is 0.368 e. The fraction of sp³-hybridized carbons (Fsp3) is 0.533. The van der Waals surface area contributed by atoms with Crippen LogP contribution < -0.4 is 15.4 Å². The lowest BCUT2D eigenvalue weighted by atomic mass is 10.1. The number of anilines is 1. The van der Waals surface area contributed by atoms with Gasteiger partial charge in [-0.25, -0.2) is 13.6 Å². The summed E-state index contributed by atoms with van der Waals surface area (Å²) in [6, 6.07) is 6.56. The van der Waals surface area contributed by atoms with Crippen molar-refractivity contribution in [2.45, 2.75) is 11.3 Å². The summed E-state index contributed by atoms with van der Waals surface area (Å²) >= 11 is 0. The summed E-state index contributed by atoms with van der Waals surface area (Å²) in [5, 5.41) is 8.33. The number of halogens is 2. The Bertz CT molecular complexity index is 671. The number of piperazine rings is 1. The predicted molar refractivity (Wildman–Crippen MR) is 102 cm³/mol. The lowest BCUT2D eigenvalue weighted by Crippen LogP contribution is -2.50. The molecule has 2 aliphatic heterocycles. The smallest absolute Gasteiger partial charge is 0.238 e. The maximum Gasteiger partial charge on any atom is 0.238 e. The second kappa shape index (κ2) is 9.05. The van der Waals surface area contributed by atoms with Crippen molar-refractivity contribution in [2.24, 2.45) is 11.1 Å². The van der Waals surface area contributed by atoms with Gasteiger partial charge < -0.3 is 15.1 Å². The van der Waals surface area contributed by atoms with Gasteiger partial charge in [-0.2, -0.15) is 0 Å². The van der Waals surface area contributed by atoms with Crippen LogP contribution in [0.5, 0.6) is 0 Å². The van der Waals surface area contributed by atoms with Crippen molar-refractivity contribution in [3.63, 3.8) is 0 Å². The molecule has 0 spiro atoms. The van der Waals surface area contributed by atoms with E-state index in [2.05, 4.69) is 10.2 Å². The minimum absolute atomic E-state index is 0. The molecule has 7 nitrogen and oxygen atoms in total. The molecule has 0 saturated carbocycles. The summed E-state index contributed by atoms with van der Waals surface area (Å²) in [5.41, 5.74) is 0.951. The molecule has 2 aliphatic rings. The van der Waals surface area contributed by atoms with Crippen molar-refractivity contribution < 1.29 is 13.2 Å². The number of nitrogens with two attached hydrogens (primary N) is 1. The Hall–Kier alpha value is -1.06. The molecule has 3 N–H and O–H groups in total. The number of carbonyl (C=O) groups is 1. The van der Waals surface area contributed by atoms with Crippen LogP contribution in [-0.4, -0.2) is 58.5 Å². The zero-order valence-electron chi connectivity index (χ0n) is 13.8. The van der Waals surface area contributed by atoms with E-state index in [1.165, 1.54) is 12.1 Å². The van der Waals surface area contributed by atoms with Gasteiger partial charge >= 0.3 is 0 Å². The van der Waals surface area contributed by atoms with Gasteiger partial charge in [0.15, 0.2) is 0 Å². The summed E-state index contributed by atoms with van der Waals surface area (Å²) in [6.45, 7) is 4.61. The van der Waals surface area contributed by atoms with Crippen LogP contribution in [0.4, 0.5) is 5.69 Å². The average Bonchev–Trinajstić information content (AvgIpc) is 3.08. The minimum atomic E-state index is -3.66. The lowest BCUT2D eigenvalue weighted by molar-refractivity contribution is -0.135. The van der Waals surface area contributed by atoms with Crippen molar-refractivity contribution in [1.82, 2.24) is 10.2 Å². The molecule has 10 heteroatoms. The van der Waals surface area contributed by atoms with Crippen molar-refractivity contribution in [2.75, 3.05) is 44.2 Å². The summed E-state index contributed by atoms with van der Waals surface area (Å²) in [6.07, 6.45) is 0.925. The molecule has 1 atom stereocenters. The third-order valence-electron chi connectivity index (χ3n) is 4.53. The Labute approximate surface area is 160 Å².